The molecule has 1 saturated carbocycles. The third-order valence-electron chi connectivity index (χ3n) is 7.05. The van der Waals surface area contributed by atoms with Gasteiger partial charge in [-0.15, -0.1) is 0 Å². The van der Waals surface area contributed by atoms with Crippen LogP contribution in [-0.4, -0.2) is 27.0 Å². The fourth-order valence-electron chi connectivity index (χ4n) is 4.95. The number of aromatic nitrogens is 2. The van der Waals surface area contributed by atoms with Crippen LogP contribution >= 0.6 is 11.6 Å². The van der Waals surface area contributed by atoms with Crippen LogP contribution in [-0.2, 0) is 0 Å². The van der Waals surface area contributed by atoms with Crippen molar-refractivity contribution in [3.63, 3.8) is 0 Å². The van der Waals surface area contributed by atoms with Crippen LogP contribution in [0.15, 0.2) is 84.9 Å². The minimum Gasteiger partial charge on any atom is -0.478 e. The van der Waals surface area contributed by atoms with Crippen LogP contribution in [0.4, 0.5) is 4.39 Å². The number of fused-ring (bicyclic) bond motifs is 1. The van der Waals surface area contributed by atoms with E-state index < -0.39 is 11.9 Å². The topological polar surface area (TPSA) is 95.1 Å². The van der Waals surface area contributed by atoms with Crippen molar-refractivity contribution < 1.29 is 19.1 Å². The third-order valence-corrected chi connectivity index (χ3v) is 7.36. The number of amides is 1. The van der Waals surface area contributed by atoms with Gasteiger partial charge in [0.15, 0.2) is 0 Å². The maximum Gasteiger partial charge on any atom is 0.336 e. The second-order valence-electron chi connectivity index (χ2n) is 9.67. The van der Waals surface area contributed by atoms with Crippen molar-refractivity contribution in [3.8, 4) is 22.5 Å². The summed E-state index contributed by atoms with van der Waals surface area (Å²) in [5, 5.41) is 13.5. The molecule has 6 nitrogen and oxygen atoms in total. The molecule has 0 spiro atoms. The number of aromatic amines is 1. The van der Waals surface area contributed by atoms with E-state index in [1.165, 1.54) is 18.2 Å². The number of hydrogen-bond acceptors (Lipinski definition) is 3. The van der Waals surface area contributed by atoms with Crippen LogP contribution in [0.25, 0.3) is 33.5 Å². The number of halogens is 2. The molecular formula is C31H23ClFN3O3. The maximum atomic E-state index is 13.5. The molecule has 8 heteroatoms. The number of H-pyrrole nitrogens is 1. The molecule has 1 amide bonds. The van der Waals surface area contributed by atoms with Crippen LogP contribution < -0.4 is 5.32 Å². The first-order valence-corrected chi connectivity index (χ1v) is 12.9. The predicted octanol–water partition coefficient (Wildman–Crippen LogP) is 7.27. The van der Waals surface area contributed by atoms with E-state index in [4.69, 9.17) is 11.6 Å². The average molecular weight is 540 g/mol. The van der Waals surface area contributed by atoms with Gasteiger partial charge in [-0.1, -0.05) is 54.1 Å². The SMILES string of the molecule is O=C(N[C@H](c1ccc(F)cc1)C1CC1)c1ccc(-c2c(Cl)cccc2-c2nc3ccccc3[nH]2)c(C(=O)O)c1. The molecule has 0 unspecified atom stereocenters. The lowest BCUT2D eigenvalue weighted by Gasteiger charge is -2.20. The van der Waals surface area contributed by atoms with E-state index in [1.807, 2.05) is 30.3 Å². The van der Waals surface area contributed by atoms with E-state index in [1.54, 1.807) is 36.4 Å². The second kappa shape index (κ2) is 10.0. The molecule has 194 valence electrons. The molecule has 1 fully saturated rings. The Labute approximate surface area is 228 Å². The van der Waals surface area contributed by atoms with Crippen molar-refractivity contribution in [2.75, 3.05) is 0 Å². The standard InChI is InChI=1S/C31H23ClFN3O3/c32-24-5-3-4-22(29-34-25-6-1-2-7-26(25)35-29)27(24)21-15-12-19(16-23(21)31(38)39)30(37)36-28(17-8-9-17)18-10-13-20(33)14-11-18/h1-7,10-17,28H,8-9H2,(H,34,35)(H,36,37)(H,38,39)/t28-/m0/s1. The van der Waals surface area contributed by atoms with Gasteiger partial charge in [0, 0.05) is 21.7 Å². The number of rotatable bonds is 7. The smallest absolute Gasteiger partial charge is 0.336 e. The number of benzene rings is 4. The normalized spacial score (nSPS) is 13.8. The van der Waals surface area contributed by atoms with Gasteiger partial charge in [-0.05, 0) is 72.4 Å². The van der Waals surface area contributed by atoms with E-state index >= 15 is 0 Å². The van der Waals surface area contributed by atoms with E-state index in [0.717, 1.165) is 29.4 Å². The zero-order valence-electron chi connectivity index (χ0n) is 20.6. The molecule has 39 heavy (non-hydrogen) atoms. The molecule has 4 aromatic carbocycles. The van der Waals surface area contributed by atoms with Gasteiger partial charge in [-0.2, -0.15) is 0 Å². The highest BCUT2D eigenvalue weighted by Crippen LogP contribution is 2.42. The van der Waals surface area contributed by atoms with Crippen LogP contribution in [0.3, 0.4) is 0 Å². The van der Waals surface area contributed by atoms with Crippen molar-refractivity contribution >= 4 is 34.5 Å². The summed E-state index contributed by atoms with van der Waals surface area (Å²) < 4.78 is 13.5. The van der Waals surface area contributed by atoms with E-state index in [9.17, 15) is 19.1 Å². The first-order valence-electron chi connectivity index (χ1n) is 12.6. The lowest BCUT2D eigenvalue weighted by atomic mass is 9.93. The highest BCUT2D eigenvalue weighted by atomic mass is 35.5. The van der Waals surface area contributed by atoms with Gasteiger partial charge < -0.3 is 15.4 Å². The first-order chi connectivity index (χ1) is 18.9. The number of carbonyl (C=O) groups is 2. The summed E-state index contributed by atoms with van der Waals surface area (Å²) in [5.74, 6) is -1.12. The molecule has 0 aliphatic heterocycles. The molecule has 3 N–H and O–H groups in total. The van der Waals surface area contributed by atoms with Crippen molar-refractivity contribution in [1.82, 2.24) is 15.3 Å². The zero-order valence-corrected chi connectivity index (χ0v) is 21.4. The monoisotopic (exact) mass is 539 g/mol. The molecule has 0 saturated heterocycles. The Bertz CT molecular complexity index is 1690. The first kappa shape index (κ1) is 24.8. The maximum absolute atomic E-state index is 13.5. The number of hydrogen-bond donors (Lipinski definition) is 3. The van der Waals surface area contributed by atoms with Crippen LogP contribution in [0.5, 0.6) is 0 Å². The van der Waals surface area contributed by atoms with E-state index in [0.29, 0.717) is 27.5 Å². The highest BCUT2D eigenvalue weighted by Gasteiger charge is 2.34. The number of imidazole rings is 1. The molecule has 0 radical (unpaired) electrons. The zero-order chi connectivity index (χ0) is 27.1. The predicted molar refractivity (Wildman–Crippen MR) is 148 cm³/mol. The molecule has 1 aliphatic carbocycles. The van der Waals surface area contributed by atoms with Gasteiger partial charge in [0.05, 0.1) is 22.6 Å². The molecule has 5 aromatic rings. The van der Waals surface area contributed by atoms with Crippen molar-refractivity contribution in [1.29, 1.82) is 0 Å². The number of carboxylic acids is 1. The Hall–Kier alpha value is -4.49. The van der Waals surface area contributed by atoms with E-state index in [-0.39, 0.29) is 28.9 Å². The summed E-state index contributed by atoms with van der Waals surface area (Å²) in [6, 6.07) is 23.3. The van der Waals surface area contributed by atoms with Crippen molar-refractivity contribution in [2.24, 2.45) is 5.92 Å². The number of nitrogens with one attached hydrogen (secondary N) is 2. The summed E-state index contributed by atoms with van der Waals surface area (Å²) in [4.78, 5) is 33.7. The van der Waals surface area contributed by atoms with Crippen LogP contribution in [0.2, 0.25) is 5.02 Å². The molecule has 1 aliphatic rings. The third kappa shape index (κ3) is 4.89. The largest absolute Gasteiger partial charge is 0.478 e. The number of para-hydroxylation sites is 2. The van der Waals surface area contributed by atoms with Crippen LogP contribution in [0, 0.1) is 11.7 Å². The summed E-state index contributed by atoms with van der Waals surface area (Å²) in [5.41, 5.74) is 4.10. The molecule has 1 heterocycles. The van der Waals surface area contributed by atoms with Crippen LogP contribution in [0.1, 0.15) is 45.2 Å². The van der Waals surface area contributed by atoms with Gasteiger partial charge in [-0.3, -0.25) is 4.79 Å². The Morgan fingerprint density at radius 3 is 2.46 bits per heavy atom. The fourth-order valence-corrected chi connectivity index (χ4v) is 5.23. The highest BCUT2D eigenvalue weighted by molar-refractivity contribution is 6.34. The second-order valence-corrected chi connectivity index (χ2v) is 10.1. The number of nitrogens with zero attached hydrogens (tertiary/aromatic N) is 1. The quantitative estimate of drug-likeness (QED) is 0.203. The fraction of sp³-hybridized carbons (Fsp3) is 0.129. The summed E-state index contributed by atoms with van der Waals surface area (Å²) in [6.45, 7) is 0. The number of aromatic carboxylic acids is 1. The van der Waals surface area contributed by atoms with Crippen molar-refractivity contribution in [3.05, 3.63) is 112 Å². The molecular weight excluding hydrogens is 517 g/mol. The lowest BCUT2D eigenvalue weighted by Crippen LogP contribution is -2.30. The van der Waals surface area contributed by atoms with Gasteiger partial charge in [0.1, 0.15) is 11.6 Å². The van der Waals surface area contributed by atoms with Gasteiger partial charge in [0.2, 0.25) is 0 Å². The van der Waals surface area contributed by atoms with E-state index in [2.05, 4.69) is 15.3 Å². The number of carbonyl (C=O) groups excluding carboxylic acids is 1. The summed E-state index contributed by atoms with van der Waals surface area (Å²) >= 11 is 6.64. The average Bonchev–Trinajstić information content (AvgIpc) is 3.69. The Morgan fingerprint density at radius 2 is 1.74 bits per heavy atom. The van der Waals surface area contributed by atoms with Gasteiger partial charge in [0.25, 0.3) is 5.91 Å². The molecule has 6 rings (SSSR count). The number of carboxylic acid groups (broad SMARTS) is 1. The summed E-state index contributed by atoms with van der Waals surface area (Å²) in [6.07, 6.45) is 1.91. The van der Waals surface area contributed by atoms with Gasteiger partial charge >= 0.3 is 5.97 Å². The lowest BCUT2D eigenvalue weighted by molar-refractivity contribution is 0.0697. The minimum atomic E-state index is -1.19. The summed E-state index contributed by atoms with van der Waals surface area (Å²) in [7, 11) is 0. The van der Waals surface area contributed by atoms with Gasteiger partial charge in [-0.25, -0.2) is 14.2 Å². The molecule has 1 aromatic heterocycles. The Balaban J connectivity index is 1.38. The molecule has 1 atom stereocenters. The Morgan fingerprint density at radius 1 is 0.974 bits per heavy atom. The minimum absolute atomic E-state index is 0.0575. The molecule has 0 bridgehead atoms. The Kier molecular flexibility index (Phi) is 6.37. The van der Waals surface area contributed by atoms with Crippen molar-refractivity contribution in [2.45, 2.75) is 18.9 Å².